The van der Waals surface area contributed by atoms with E-state index in [-0.39, 0.29) is 5.41 Å². The summed E-state index contributed by atoms with van der Waals surface area (Å²) in [5.41, 5.74) is 2.96. The van der Waals surface area contributed by atoms with E-state index in [9.17, 15) is 0 Å². The molecule has 20 heavy (non-hydrogen) atoms. The topological polar surface area (TPSA) is 21.3 Å². The van der Waals surface area contributed by atoms with Crippen molar-refractivity contribution in [1.29, 1.82) is 0 Å². The molecule has 1 fully saturated rings. The summed E-state index contributed by atoms with van der Waals surface area (Å²) in [7, 11) is 0. The molecule has 1 aliphatic carbocycles. The minimum absolute atomic E-state index is 0.273. The maximum absolute atomic E-state index is 5.88. The van der Waals surface area contributed by atoms with Gasteiger partial charge in [0.25, 0.3) is 0 Å². The molecule has 1 aliphatic rings. The van der Waals surface area contributed by atoms with E-state index >= 15 is 0 Å². The molecule has 112 valence electrons. The Kier molecular flexibility index (Phi) is 4.87. The van der Waals surface area contributed by atoms with Crippen LogP contribution in [0.2, 0.25) is 0 Å². The Balaban J connectivity index is 1.98. The van der Waals surface area contributed by atoms with Crippen molar-refractivity contribution >= 4 is 0 Å². The third kappa shape index (κ3) is 2.91. The van der Waals surface area contributed by atoms with Gasteiger partial charge in [-0.15, -0.1) is 0 Å². The zero-order chi connectivity index (χ0) is 14.8. The number of rotatable bonds is 6. The molecule has 0 bridgehead atoms. The second-order valence-corrected chi connectivity index (χ2v) is 6.39. The maximum atomic E-state index is 5.88. The summed E-state index contributed by atoms with van der Waals surface area (Å²) in [6.45, 7) is 11.9. The van der Waals surface area contributed by atoms with Gasteiger partial charge >= 0.3 is 0 Å². The summed E-state index contributed by atoms with van der Waals surface area (Å²) in [6, 6.07) is 9.80. The molecule has 0 aromatic heterocycles. The van der Waals surface area contributed by atoms with Crippen LogP contribution in [-0.4, -0.2) is 18.8 Å². The van der Waals surface area contributed by atoms with Crippen LogP contribution in [0.3, 0.4) is 0 Å². The molecule has 0 aliphatic heterocycles. The quantitative estimate of drug-likeness (QED) is 0.838. The Morgan fingerprint density at radius 1 is 1.30 bits per heavy atom. The highest BCUT2D eigenvalue weighted by atomic mass is 16.5. The molecule has 0 saturated heterocycles. The van der Waals surface area contributed by atoms with Gasteiger partial charge in [-0.2, -0.15) is 0 Å². The van der Waals surface area contributed by atoms with Crippen molar-refractivity contribution in [2.45, 2.75) is 65.6 Å². The summed E-state index contributed by atoms with van der Waals surface area (Å²) < 4.78 is 5.88. The first-order chi connectivity index (χ1) is 9.51. The van der Waals surface area contributed by atoms with Crippen molar-refractivity contribution in [2.75, 3.05) is 6.61 Å². The largest absolute Gasteiger partial charge is 0.378 e. The SMILES string of the molecule is CCOC1CC(N[C@H](C)c2ccc(C)cc2)C1(C)CC. The van der Waals surface area contributed by atoms with E-state index in [1.165, 1.54) is 11.1 Å². The Hall–Kier alpha value is -0.860. The van der Waals surface area contributed by atoms with Crippen LogP contribution in [0.4, 0.5) is 0 Å². The Morgan fingerprint density at radius 2 is 1.95 bits per heavy atom. The third-order valence-corrected chi connectivity index (χ3v) is 5.14. The number of nitrogens with one attached hydrogen (secondary N) is 1. The number of ether oxygens (including phenoxy) is 1. The lowest BCUT2D eigenvalue weighted by atomic mass is 9.61. The molecule has 0 spiro atoms. The average molecular weight is 275 g/mol. The van der Waals surface area contributed by atoms with Gasteiger partial charge in [0.2, 0.25) is 0 Å². The van der Waals surface area contributed by atoms with Gasteiger partial charge in [-0.05, 0) is 39.2 Å². The van der Waals surface area contributed by atoms with Crippen LogP contribution in [0.15, 0.2) is 24.3 Å². The minimum atomic E-state index is 0.273. The van der Waals surface area contributed by atoms with E-state index in [4.69, 9.17) is 4.74 Å². The lowest BCUT2D eigenvalue weighted by molar-refractivity contribution is -0.127. The zero-order valence-electron chi connectivity index (χ0n) is 13.6. The van der Waals surface area contributed by atoms with Gasteiger partial charge < -0.3 is 10.1 Å². The normalized spacial score (nSPS) is 30.9. The van der Waals surface area contributed by atoms with E-state index in [1.54, 1.807) is 0 Å². The van der Waals surface area contributed by atoms with Gasteiger partial charge in [-0.25, -0.2) is 0 Å². The van der Waals surface area contributed by atoms with Gasteiger partial charge in [0.05, 0.1) is 6.10 Å². The molecule has 3 unspecified atom stereocenters. The second-order valence-electron chi connectivity index (χ2n) is 6.39. The monoisotopic (exact) mass is 275 g/mol. The molecular weight excluding hydrogens is 246 g/mol. The molecule has 1 N–H and O–H groups in total. The average Bonchev–Trinajstić information content (AvgIpc) is 2.45. The van der Waals surface area contributed by atoms with E-state index in [0.717, 1.165) is 19.4 Å². The molecule has 0 heterocycles. The van der Waals surface area contributed by atoms with Crippen molar-refractivity contribution < 1.29 is 4.74 Å². The molecule has 1 aromatic rings. The molecular formula is C18H29NO. The number of aryl methyl sites for hydroxylation is 1. The first kappa shape index (κ1) is 15.5. The van der Waals surface area contributed by atoms with Gasteiger partial charge in [0.15, 0.2) is 0 Å². The first-order valence-corrected chi connectivity index (χ1v) is 7.95. The van der Waals surface area contributed by atoms with E-state index in [1.807, 2.05) is 0 Å². The zero-order valence-corrected chi connectivity index (χ0v) is 13.6. The number of benzene rings is 1. The number of hydrogen-bond acceptors (Lipinski definition) is 2. The van der Waals surface area contributed by atoms with Crippen LogP contribution in [0, 0.1) is 12.3 Å². The van der Waals surface area contributed by atoms with Crippen molar-refractivity contribution in [1.82, 2.24) is 5.32 Å². The molecule has 2 rings (SSSR count). The van der Waals surface area contributed by atoms with Crippen LogP contribution in [-0.2, 0) is 4.74 Å². The van der Waals surface area contributed by atoms with Crippen molar-refractivity contribution in [3.05, 3.63) is 35.4 Å². The van der Waals surface area contributed by atoms with Gasteiger partial charge in [0, 0.05) is 24.1 Å². The third-order valence-electron chi connectivity index (χ3n) is 5.14. The van der Waals surface area contributed by atoms with E-state index in [2.05, 4.69) is 64.2 Å². The Labute approximate surface area is 123 Å². The minimum Gasteiger partial charge on any atom is -0.378 e. The maximum Gasteiger partial charge on any atom is 0.0658 e. The molecule has 0 radical (unpaired) electrons. The second kappa shape index (κ2) is 6.28. The van der Waals surface area contributed by atoms with Crippen LogP contribution >= 0.6 is 0 Å². The summed E-state index contributed by atoms with van der Waals surface area (Å²) >= 11 is 0. The lowest BCUT2D eigenvalue weighted by Crippen LogP contribution is -2.62. The molecule has 4 atom stereocenters. The summed E-state index contributed by atoms with van der Waals surface area (Å²) in [4.78, 5) is 0. The molecule has 1 aromatic carbocycles. The summed E-state index contributed by atoms with van der Waals surface area (Å²) in [6.07, 6.45) is 2.71. The van der Waals surface area contributed by atoms with Crippen LogP contribution < -0.4 is 5.32 Å². The van der Waals surface area contributed by atoms with Crippen LogP contribution in [0.1, 0.15) is 57.7 Å². The standard InChI is InChI=1S/C18H29NO/c1-6-18(5)16(12-17(18)20-7-2)19-14(4)15-10-8-13(3)9-11-15/h8-11,14,16-17,19H,6-7,12H2,1-5H3/t14-,16?,17?,18?/m1/s1. The fraction of sp³-hybridized carbons (Fsp3) is 0.667. The predicted molar refractivity (Wildman–Crippen MR) is 84.9 cm³/mol. The number of hydrogen-bond donors (Lipinski definition) is 1. The highest BCUT2D eigenvalue weighted by Crippen LogP contribution is 2.46. The van der Waals surface area contributed by atoms with Gasteiger partial charge in [0.1, 0.15) is 0 Å². The highest BCUT2D eigenvalue weighted by molar-refractivity contribution is 5.24. The van der Waals surface area contributed by atoms with E-state index < -0.39 is 0 Å². The molecule has 1 saturated carbocycles. The van der Waals surface area contributed by atoms with Gasteiger partial charge in [-0.1, -0.05) is 43.7 Å². The first-order valence-electron chi connectivity index (χ1n) is 7.95. The smallest absolute Gasteiger partial charge is 0.0658 e. The van der Waals surface area contributed by atoms with Crippen molar-refractivity contribution in [3.63, 3.8) is 0 Å². The fourth-order valence-electron chi connectivity index (χ4n) is 3.26. The predicted octanol–water partition coefficient (Wildman–Crippen LogP) is 4.24. The molecule has 2 nitrogen and oxygen atoms in total. The highest BCUT2D eigenvalue weighted by Gasteiger charge is 2.51. The van der Waals surface area contributed by atoms with Crippen molar-refractivity contribution in [3.8, 4) is 0 Å². The lowest BCUT2D eigenvalue weighted by Gasteiger charge is -2.54. The van der Waals surface area contributed by atoms with Gasteiger partial charge in [-0.3, -0.25) is 0 Å². The van der Waals surface area contributed by atoms with Crippen molar-refractivity contribution in [2.24, 2.45) is 5.41 Å². The summed E-state index contributed by atoms with van der Waals surface area (Å²) in [5.74, 6) is 0. The van der Waals surface area contributed by atoms with Crippen LogP contribution in [0.5, 0.6) is 0 Å². The van der Waals surface area contributed by atoms with E-state index in [0.29, 0.717) is 18.2 Å². The summed E-state index contributed by atoms with van der Waals surface area (Å²) in [5, 5.41) is 3.80. The fourth-order valence-corrected chi connectivity index (χ4v) is 3.26. The Bertz CT molecular complexity index is 428. The molecule has 0 amide bonds. The van der Waals surface area contributed by atoms with Crippen LogP contribution in [0.25, 0.3) is 0 Å². The molecule has 2 heteroatoms. The Morgan fingerprint density at radius 3 is 2.50 bits per heavy atom.